The van der Waals surface area contributed by atoms with Crippen LogP contribution >= 0.6 is 0 Å². The number of allylic oxidation sites excluding steroid dienone is 8. The molecule has 32 heavy (non-hydrogen) atoms. The molecule has 4 aliphatic rings. The molecule has 0 heterocycles. The largest absolute Gasteiger partial charge is 0.0796 e. The van der Waals surface area contributed by atoms with Crippen molar-refractivity contribution in [3.63, 3.8) is 0 Å². The van der Waals surface area contributed by atoms with Crippen LogP contribution in [-0.4, -0.2) is 0 Å². The molecule has 0 aromatic heterocycles. The normalized spacial score (nSPS) is 30.6. The third kappa shape index (κ3) is 2.50. The summed E-state index contributed by atoms with van der Waals surface area (Å²) < 4.78 is 0. The molecule has 0 spiro atoms. The lowest BCUT2D eigenvalue weighted by molar-refractivity contribution is 0.538. The van der Waals surface area contributed by atoms with Gasteiger partial charge in [-0.15, -0.1) is 0 Å². The summed E-state index contributed by atoms with van der Waals surface area (Å²) in [7, 11) is 0. The minimum absolute atomic E-state index is 0.405. The Kier molecular flexibility index (Phi) is 4.02. The average molecular weight is 411 g/mol. The molecular formula is C32H26. The van der Waals surface area contributed by atoms with Gasteiger partial charge in [0.15, 0.2) is 0 Å². The van der Waals surface area contributed by atoms with E-state index >= 15 is 0 Å². The molecule has 0 fully saturated rings. The van der Waals surface area contributed by atoms with E-state index < -0.39 is 0 Å². The van der Waals surface area contributed by atoms with E-state index in [9.17, 15) is 0 Å². The predicted molar refractivity (Wildman–Crippen MR) is 132 cm³/mol. The van der Waals surface area contributed by atoms with Gasteiger partial charge in [-0.1, -0.05) is 121 Å². The average Bonchev–Trinajstić information content (AvgIpc) is 3.37. The predicted octanol–water partition coefficient (Wildman–Crippen LogP) is 7.63. The second-order valence-corrected chi connectivity index (χ2v) is 9.59. The molecule has 7 rings (SSSR count). The molecule has 0 saturated carbocycles. The quantitative estimate of drug-likeness (QED) is 0.407. The Balaban J connectivity index is 1.43. The second kappa shape index (κ2) is 7.07. The van der Waals surface area contributed by atoms with Crippen molar-refractivity contribution in [2.45, 2.75) is 23.7 Å². The van der Waals surface area contributed by atoms with Crippen LogP contribution in [0.5, 0.6) is 0 Å². The number of hydrogen-bond acceptors (Lipinski definition) is 0. The van der Waals surface area contributed by atoms with Gasteiger partial charge in [0.1, 0.15) is 0 Å². The van der Waals surface area contributed by atoms with Gasteiger partial charge >= 0.3 is 0 Å². The summed E-state index contributed by atoms with van der Waals surface area (Å²) in [5.41, 5.74) is 9.04. The molecule has 6 unspecified atom stereocenters. The highest BCUT2D eigenvalue weighted by atomic mass is 14.5. The van der Waals surface area contributed by atoms with Gasteiger partial charge in [-0.25, -0.2) is 0 Å². The van der Waals surface area contributed by atoms with Crippen LogP contribution in [0.15, 0.2) is 121 Å². The molecule has 154 valence electrons. The molecule has 4 aliphatic carbocycles. The van der Waals surface area contributed by atoms with Crippen molar-refractivity contribution in [1.82, 2.24) is 0 Å². The zero-order chi connectivity index (χ0) is 21.1. The number of benzene rings is 3. The second-order valence-electron chi connectivity index (χ2n) is 9.59. The summed E-state index contributed by atoms with van der Waals surface area (Å²) in [6.45, 7) is 0. The molecule has 0 amide bonds. The van der Waals surface area contributed by atoms with Crippen molar-refractivity contribution >= 4 is 0 Å². The number of fused-ring (bicyclic) bond motifs is 6. The van der Waals surface area contributed by atoms with Gasteiger partial charge in [-0.2, -0.15) is 0 Å². The van der Waals surface area contributed by atoms with Crippen LogP contribution in [0.1, 0.15) is 57.1 Å². The molecular weight excluding hydrogens is 384 g/mol. The summed E-state index contributed by atoms with van der Waals surface area (Å²) in [6, 6.07) is 27.6. The summed E-state index contributed by atoms with van der Waals surface area (Å²) in [5.74, 6) is 2.76. The minimum atomic E-state index is 0.405. The van der Waals surface area contributed by atoms with Gasteiger partial charge in [0.2, 0.25) is 0 Å². The molecule has 0 heteroatoms. The maximum atomic E-state index is 2.45. The van der Waals surface area contributed by atoms with E-state index in [1.807, 2.05) is 0 Å². The summed E-state index contributed by atoms with van der Waals surface area (Å²) >= 11 is 0. The molecule has 6 atom stereocenters. The van der Waals surface area contributed by atoms with E-state index in [-0.39, 0.29) is 0 Å². The SMILES string of the molecule is C1=CC2c3ccccc3C(c3ccccc3C3c4ccccc4C4C=CC=CC43)C2C=C1. The summed E-state index contributed by atoms with van der Waals surface area (Å²) in [5, 5.41) is 0. The molecule has 0 N–H and O–H groups in total. The Hall–Kier alpha value is -3.38. The first-order chi connectivity index (χ1) is 15.9. The first-order valence-electron chi connectivity index (χ1n) is 11.9. The van der Waals surface area contributed by atoms with Gasteiger partial charge in [-0.3, -0.25) is 0 Å². The van der Waals surface area contributed by atoms with Gasteiger partial charge in [0, 0.05) is 23.7 Å². The lowest BCUT2D eigenvalue weighted by Crippen LogP contribution is -2.17. The number of rotatable bonds is 2. The number of hydrogen-bond donors (Lipinski definition) is 0. The Morgan fingerprint density at radius 2 is 0.656 bits per heavy atom. The van der Waals surface area contributed by atoms with E-state index in [0.717, 1.165) is 0 Å². The fourth-order valence-corrected chi connectivity index (χ4v) is 6.94. The fraction of sp³-hybridized carbons (Fsp3) is 0.188. The van der Waals surface area contributed by atoms with Crippen LogP contribution in [0.4, 0.5) is 0 Å². The lowest BCUT2D eigenvalue weighted by Gasteiger charge is -2.30. The topological polar surface area (TPSA) is 0 Å². The van der Waals surface area contributed by atoms with Gasteiger partial charge < -0.3 is 0 Å². The molecule has 3 aromatic rings. The maximum Gasteiger partial charge on any atom is 0.0167 e. The molecule has 0 nitrogen and oxygen atoms in total. The monoisotopic (exact) mass is 410 g/mol. The highest BCUT2D eigenvalue weighted by Gasteiger charge is 2.44. The van der Waals surface area contributed by atoms with Crippen molar-refractivity contribution in [3.8, 4) is 0 Å². The van der Waals surface area contributed by atoms with Crippen molar-refractivity contribution in [2.24, 2.45) is 11.8 Å². The van der Waals surface area contributed by atoms with Crippen molar-refractivity contribution in [3.05, 3.63) is 155 Å². The van der Waals surface area contributed by atoms with Gasteiger partial charge in [0.25, 0.3) is 0 Å². The highest BCUT2D eigenvalue weighted by molar-refractivity contribution is 5.57. The minimum Gasteiger partial charge on any atom is -0.0796 e. The smallest absolute Gasteiger partial charge is 0.0167 e. The Bertz CT molecular complexity index is 1210. The summed E-state index contributed by atoms with van der Waals surface area (Å²) in [6.07, 6.45) is 18.6. The van der Waals surface area contributed by atoms with Crippen LogP contribution in [0.3, 0.4) is 0 Å². The Labute approximate surface area is 190 Å². The van der Waals surface area contributed by atoms with Crippen LogP contribution in [0, 0.1) is 11.8 Å². The van der Waals surface area contributed by atoms with Gasteiger partial charge in [-0.05, 0) is 45.2 Å². The molecule has 0 radical (unpaired) electrons. The van der Waals surface area contributed by atoms with Crippen LogP contribution in [-0.2, 0) is 0 Å². The van der Waals surface area contributed by atoms with E-state index in [2.05, 4.69) is 121 Å². The Morgan fingerprint density at radius 1 is 0.344 bits per heavy atom. The first kappa shape index (κ1) is 18.2. The first-order valence-corrected chi connectivity index (χ1v) is 11.9. The van der Waals surface area contributed by atoms with Crippen LogP contribution < -0.4 is 0 Å². The fourth-order valence-electron chi connectivity index (χ4n) is 6.94. The van der Waals surface area contributed by atoms with Gasteiger partial charge in [0.05, 0.1) is 0 Å². The lowest BCUT2D eigenvalue weighted by atomic mass is 9.73. The third-order valence-electron chi connectivity index (χ3n) is 8.17. The van der Waals surface area contributed by atoms with Crippen LogP contribution in [0.2, 0.25) is 0 Å². The highest BCUT2D eigenvalue weighted by Crippen LogP contribution is 2.57. The van der Waals surface area contributed by atoms with E-state index in [1.54, 1.807) is 0 Å². The molecule has 0 aliphatic heterocycles. The third-order valence-corrected chi connectivity index (χ3v) is 8.17. The van der Waals surface area contributed by atoms with E-state index in [0.29, 0.717) is 35.5 Å². The van der Waals surface area contributed by atoms with E-state index in [4.69, 9.17) is 0 Å². The Morgan fingerprint density at radius 3 is 1.06 bits per heavy atom. The standard InChI is InChI=1S/C32H26/c1-5-15-25-21(11-1)22-12-2-6-16-26(22)31(25)29-19-9-10-20-30(29)32-27-17-7-3-13-23(27)24-14-4-8-18-28(24)32/h1-21,23,25,27,31-32H. The molecule has 3 aromatic carbocycles. The van der Waals surface area contributed by atoms with Crippen molar-refractivity contribution in [1.29, 1.82) is 0 Å². The summed E-state index contributed by atoms with van der Waals surface area (Å²) in [4.78, 5) is 0. The van der Waals surface area contributed by atoms with Crippen LogP contribution in [0.25, 0.3) is 0 Å². The molecule has 0 bridgehead atoms. The van der Waals surface area contributed by atoms with Crippen molar-refractivity contribution < 1.29 is 0 Å². The van der Waals surface area contributed by atoms with Crippen molar-refractivity contribution in [2.75, 3.05) is 0 Å². The molecule has 0 saturated heterocycles. The maximum absolute atomic E-state index is 2.45. The van der Waals surface area contributed by atoms with E-state index in [1.165, 1.54) is 33.4 Å². The zero-order valence-corrected chi connectivity index (χ0v) is 18.0. The zero-order valence-electron chi connectivity index (χ0n) is 18.0.